The van der Waals surface area contributed by atoms with Crippen molar-refractivity contribution in [2.24, 2.45) is 0 Å². The van der Waals surface area contributed by atoms with Gasteiger partial charge in [0.2, 0.25) is 0 Å². The fourth-order valence-electron chi connectivity index (χ4n) is 2.67. The summed E-state index contributed by atoms with van der Waals surface area (Å²) in [6.45, 7) is 1.94. The fraction of sp³-hybridized carbons (Fsp3) is 0.714. The standard InChI is InChI=1S/C14H24N4O2/c1-11(8-10-19)16-14(20)17-13-7-9-15-18(13)12-5-3-2-4-6-12/h7,9,11-12,19H,2-6,8,10H2,1H3,(H2,16,17,20)/t11-/m1/s1. The molecule has 1 aromatic rings. The number of nitrogens with one attached hydrogen (secondary N) is 2. The third kappa shape index (κ3) is 3.96. The molecule has 1 aliphatic carbocycles. The lowest BCUT2D eigenvalue weighted by Gasteiger charge is -2.24. The van der Waals surface area contributed by atoms with Gasteiger partial charge in [-0.25, -0.2) is 9.48 Å². The van der Waals surface area contributed by atoms with Crippen LogP contribution in [0, 0.1) is 0 Å². The molecule has 0 unspecified atom stereocenters. The number of aliphatic hydroxyl groups is 1. The van der Waals surface area contributed by atoms with Crippen LogP contribution in [0.15, 0.2) is 12.3 Å². The number of hydrogen-bond acceptors (Lipinski definition) is 3. The number of carbonyl (C=O) groups excluding carboxylic acids is 1. The van der Waals surface area contributed by atoms with Crippen molar-refractivity contribution in [2.75, 3.05) is 11.9 Å². The van der Waals surface area contributed by atoms with Crippen molar-refractivity contribution in [1.82, 2.24) is 15.1 Å². The smallest absolute Gasteiger partial charge is 0.320 e. The van der Waals surface area contributed by atoms with E-state index in [4.69, 9.17) is 5.11 Å². The van der Waals surface area contributed by atoms with E-state index in [-0.39, 0.29) is 18.7 Å². The molecule has 0 saturated heterocycles. The van der Waals surface area contributed by atoms with Gasteiger partial charge in [-0.2, -0.15) is 5.10 Å². The van der Waals surface area contributed by atoms with Crippen molar-refractivity contribution in [2.45, 2.75) is 57.5 Å². The molecule has 1 aromatic heterocycles. The number of aromatic nitrogens is 2. The summed E-state index contributed by atoms with van der Waals surface area (Å²) >= 11 is 0. The van der Waals surface area contributed by atoms with Crippen molar-refractivity contribution < 1.29 is 9.90 Å². The molecule has 1 saturated carbocycles. The van der Waals surface area contributed by atoms with E-state index in [2.05, 4.69) is 15.7 Å². The summed E-state index contributed by atoms with van der Waals surface area (Å²) in [7, 11) is 0. The Morgan fingerprint density at radius 2 is 2.25 bits per heavy atom. The van der Waals surface area contributed by atoms with Crippen molar-refractivity contribution >= 4 is 11.8 Å². The number of anilines is 1. The molecule has 1 heterocycles. The van der Waals surface area contributed by atoms with Gasteiger partial charge < -0.3 is 10.4 Å². The highest BCUT2D eigenvalue weighted by atomic mass is 16.3. The number of carbonyl (C=O) groups is 1. The molecule has 0 aromatic carbocycles. The molecular formula is C14H24N4O2. The summed E-state index contributed by atoms with van der Waals surface area (Å²) in [4.78, 5) is 11.9. The van der Waals surface area contributed by atoms with Crippen molar-refractivity contribution in [3.63, 3.8) is 0 Å². The Morgan fingerprint density at radius 1 is 1.50 bits per heavy atom. The van der Waals surface area contributed by atoms with E-state index in [1.165, 1.54) is 19.3 Å². The van der Waals surface area contributed by atoms with Crippen molar-refractivity contribution in [3.05, 3.63) is 12.3 Å². The fourth-order valence-corrected chi connectivity index (χ4v) is 2.67. The molecule has 6 nitrogen and oxygen atoms in total. The third-order valence-corrected chi connectivity index (χ3v) is 3.77. The first-order valence-corrected chi connectivity index (χ1v) is 7.42. The summed E-state index contributed by atoms with van der Waals surface area (Å²) < 4.78 is 1.93. The van der Waals surface area contributed by atoms with Crippen LogP contribution >= 0.6 is 0 Å². The van der Waals surface area contributed by atoms with Crippen LogP contribution in [0.1, 0.15) is 51.5 Å². The van der Waals surface area contributed by atoms with E-state index in [1.54, 1.807) is 6.20 Å². The molecule has 1 atom stereocenters. The summed E-state index contributed by atoms with van der Waals surface area (Å²) in [5.41, 5.74) is 0. The van der Waals surface area contributed by atoms with Crippen LogP contribution in [0.5, 0.6) is 0 Å². The molecular weight excluding hydrogens is 256 g/mol. The second-order valence-electron chi connectivity index (χ2n) is 5.46. The predicted octanol–water partition coefficient (Wildman–Crippen LogP) is 2.28. The average molecular weight is 280 g/mol. The van der Waals surface area contributed by atoms with Gasteiger partial charge in [0.25, 0.3) is 0 Å². The zero-order chi connectivity index (χ0) is 14.4. The molecule has 1 aliphatic rings. The number of rotatable bonds is 5. The number of nitrogens with zero attached hydrogens (tertiary/aromatic N) is 2. The number of hydrogen-bond donors (Lipinski definition) is 3. The molecule has 2 rings (SSSR count). The normalized spacial score (nSPS) is 17.7. The van der Waals surface area contributed by atoms with Crippen molar-refractivity contribution in [1.29, 1.82) is 0 Å². The second kappa shape index (κ2) is 7.28. The maximum atomic E-state index is 11.9. The van der Waals surface area contributed by atoms with E-state index < -0.39 is 0 Å². The Morgan fingerprint density at radius 3 is 2.95 bits per heavy atom. The van der Waals surface area contributed by atoms with Crippen LogP contribution in [0.4, 0.5) is 10.6 Å². The zero-order valence-electron chi connectivity index (χ0n) is 12.0. The van der Waals surface area contributed by atoms with Crippen LogP contribution in [0.25, 0.3) is 0 Å². The topological polar surface area (TPSA) is 79.2 Å². The van der Waals surface area contributed by atoms with E-state index in [0.717, 1.165) is 18.7 Å². The quantitative estimate of drug-likeness (QED) is 0.774. The van der Waals surface area contributed by atoms with E-state index in [1.807, 2.05) is 17.7 Å². The molecule has 112 valence electrons. The molecule has 20 heavy (non-hydrogen) atoms. The molecule has 0 aliphatic heterocycles. The Balaban J connectivity index is 1.92. The maximum absolute atomic E-state index is 11.9. The molecule has 0 radical (unpaired) electrons. The van der Waals surface area contributed by atoms with Gasteiger partial charge in [-0.15, -0.1) is 0 Å². The largest absolute Gasteiger partial charge is 0.396 e. The third-order valence-electron chi connectivity index (χ3n) is 3.77. The number of amides is 2. The first-order chi connectivity index (χ1) is 9.70. The first-order valence-electron chi connectivity index (χ1n) is 7.42. The highest BCUT2D eigenvalue weighted by Gasteiger charge is 2.19. The SMILES string of the molecule is C[C@H](CCO)NC(=O)Nc1ccnn1C1CCCCC1. The zero-order valence-corrected chi connectivity index (χ0v) is 12.0. The highest BCUT2D eigenvalue weighted by Crippen LogP contribution is 2.29. The summed E-state index contributed by atoms with van der Waals surface area (Å²) in [6.07, 6.45) is 8.27. The first kappa shape index (κ1) is 14.8. The maximum Gasteiger partial charge on any atom is 0.320 e. The monoisotopic (exact) mass is 280 g/mol. The molecule has 3 N–H and O–H groups in total. The van der Waals surface area contributed by atoms with Gasteiger partial charge in [0.05, 0.1) is 12.2 Å². The molecule has 1 fully saturated rings. The molecule has 0 bridgehead atoms. The summed E-state index contributed by atoms with van der Waals surface area (Å²) in [5.74, 6) is 0.741. The Hall–Kier alpha value is -1.56. The van der Waals surface area contributed by atoms with Crippen LogP contribution in [-0.4, -0.2) is 33.6 Å². The van der Waals surface area contributed by atoms with E-state index in [9.17, 15) is 4.79 Å². The lowest BCUT2D eigenvalue weighted by atomic mass is 9.96. The van der Waals surface area contributed by atoms with Gasteiger partial charge in [-0.3, -0.25) is 5.32 Å². The van der Waals surface area contributed by atoms with E-state index >= 15 is 0 Å². The van der Waals surface area contributed by atoms with Crippen LogP contribution < -0.4 is 10.6 Å². The van der Waals surface area contributed by atoms with Gasteiger partial charge in [0.1, 0.15) is 5.82 Å². The Labute approximate surface area is 119 Å². The Bertz CT molecular complexity index is 427. The number of urea groups is 1. The minimum absolute atomic E-state index is 0.0500. The Kier molecular flexibility index (Phi) is 5.40. The minimum atomic E-state index is -0.247. The van der Waals surface area contributed by atoms with Gasteiger partial charge >= 0.3 is 6.03 Å². The average Bonchev–Trinajstić information content (AvgIpc) is 2.87. The predicted molar refractivity (Wildman–Crippen MR) is 77.7 cm³/mol. The van der Waals surface area contributed by atoms with Gasteiger partial charge in [0, 0.05) is 18.7 Å². The molecule has 2 amide bonds. The number of aliphatic hydroxyl groups excluding tert-OH is 1. The lowest BCUT2D eigenvalue weighted by molar-refractivity contribution is 0.240. The van der Waals surface area contributed by atoms with Gasteiger partial charge in [0.15, 0.2) is 0 Å². The lowest BCUT2D eigenvalue weighted by Crippen LogP contribution is -2.37. The second-order valence-corrected chi connectivity index (χ2v) is 5.46. The van der Waals surface area contributed by atoms with Crippen molar-refractivity contribution in [3.8, 4) is 0 Å². The van der Waals surface area contributed by atoms with Crippen LogP contribution in [0.2, 0.25) is 0 Å². The molecule has 0 spiro atoms. The van der Waals surface area contributed by atoms with Gasteiger partial charge in [-0.05, 0) is 26.2 Å². The summed E-state index contributed by atoms with van der Waals surface area (Å²) in [5, 5.41) is 18.8. The summed E-state index contributed by atoms with van der Waals surface area (Å²) in [6, 6.07) is 1.92. The van der Waals surface area contributed by atoms with E-state index in [0.29, 0.717) is 12.5 Å². The van der Waals surface area contributed by atoms with Crippen LogP contribution in [0.3, 0.4) is 0 Å². The van der Waals surface area contributed by atoms with Crippen LogP contribution in [-0.2, 0) is 0 Å². The van der Waals surface area contributed by atoms with Gasteiger partial charge in [-0.1, -0.05) is 19.3 Å². The minimum Gasteiger partial charge on any atom is -0.396 e. The molecule has 6 heteroatoms. The highest BCUT2D eigenvalue weighted by molar-refractivity contribution is 5.88.